The molecule has 12 aromatic carbocycles. The molecular formula is C76H52N4O. The van der Waals surface area contributed by atoms with Gasteiger partial charge in [0.05, 0.1) is 24.2 Å². The van der Waals surface area contributed by atoms with E-state index in [9.17, 15) is 0 Å². The van der Waals surface area contributed by atoms with Crippen molar-refractivity contribution in [3.8, 4) is 44.5 Å². The third kappa shape index (κ3) is 7.11. The highest BCUT2D eigenvalue weighted by Crippen LogP contribution is 2.65. The van der Waals surface area contributed by atoms with Crippen molar-refractivity contribution in [1.29, 1.82) is 0 Å². The van der Waals surface area contributed by atoms with Crippen LogP contribution in [0.15, 0.2) is 296 Å². The van der Waals surface area contributed by atoms with Gasteiger partial charge < -0.3 is 24.0 Å². The van der Waals surface area contributed by atoms with Gasteiger partial charge in [-0.25, -0.2) is 0 Å². The first-order valence-corrected chi connectivity index (χ1v) is 28.2. The Kier molecular flexibility index (Phi) is 10.2. The van der Waals surface area contributed by atoms with E-state index >= 15 is 0 Å². The van der Waals surface area contributed by atoms with Crippen molar-refractivity contribution in [3.63, 3.8) is 0 Å². The number of hydrogen-bond acceptors (Lipinski definition) is 5. The summed E-state index contributed by atoms with van der Waals surface area (Å²) < 4.78 is 6.68. The van der Waals surface area contributed by atoms with Crippen LogP contribution in [-0.2, 0) is 0 Å². The van der Waals surface area contributed by atoms with Crippen molar-refractivity contribution in [2.75, 3.05) is 19.6 Å². The Labute approximate surface area is 471 Å². The van der Waals surface area contributed by atoms with Crippen LogP contribution in [-0.4, -0.2) is 0 Å². The summed E-state index contributed by atoms with van der Waals surface area (Å²) in [6, 6.07) is 107. The highest BCUT2D eigenvalue weighted by Gasteiger charge is 2.51. The summed E-state index contributed by atoms with van der Waals surface area (Å²) in [4.78, 5) is 10.3. The van der Waals surface area contributed by atoms with Crippen LogP contribution in [0.3, 0.4) is 0 Å². The van der Waals surface area contributed by atoms with Crippen LogP contribution in [0.2, 0.25) is 0 Å². The summed E-state index contributed by atoms with van der Waals surface area (Å²) in [5.74, 6) is 0. The van der Waals surface area contributed by atoms with Gasteiger partial charge in [-0.3, -0.25) is 0 Å². The Hall–Kier alpha value is -10.4. The van der Waals surface area contributed by atoms with Gasteiger partial charge in [0.2, 0.25) is 0 Å². The molecule has 0 fully saturated rings. The van der Waals surface area contributed by atoms with Gasteiger partial charge in [-0.15, -0.1) is 0 Å². The molecule has 1 aromatic heterocycles. The topological polar surface area (TPSA) is 26.1 Å². The molecule has 4 aliphatic rings. The number of nitrogens with zero attached hydrogens (tertiary/aromatic N) is 4. The van der Waals surface area contributed by atoms with Crippen LogP contribution in [0.1, 0.15) is 46.4 Å². The first kappa shape index (κ1) is 45.6. The van der Waals surface area contributed by atoms with Crippen LogP contribution in [0.4, 0.5) is 45.5 Å². The number of hydrogen-bond donors (Lipinski definition) is 0. The van der Waals surface area contributed by atoms with Gasteiger partial charge in [0.25, 0.3) is 0 Å². The first-order valence-electron chi connectivity index (χ1n) is 28.2. The summed E-state index contributed by atoms with van der Waals surface area (Å²) in [5, 5.41) is 2.21. The molecule has 4 aliphatic heterocycles. The molecule has 4 unspecified atom stereocenters. The fourth-order valence-electron chi connectivity index (χ4n) is 14.1. The minimum absolute atomic E-state index is 0.00176. The second-order valence-corrected chi connectivity index (χ2v) is 22.0. The van der Waals surface area contributed by atoms with Crippen molar-refractivity contribution >= 4 is 67.4 Å². The van der Waals surface area contributed by atoms with E-state index in [0.717, 1.165) is 33.1 Å². The van der Waals surface area contributed by atoms with Crippen LogP contribution in [0.5, 0.6) is 0 Å². The Balaban J connectivity index is 0.795. The Morgan fingerprint density at radius 2 is 0.531 bits per heavy atom. The molecule has 0 saturated carbocycles. The molecular weight excluding hydrogens is 985 g/mol. The lowest BCUT2D eigenvalue weighted by Crippen LogP contribution is -2.24. The molecule has 0 spiro atoms. The number of benzene rings is 12. The highest BCUT2D eigenvalue weighted by molar-refractivity contribution is 6.08. The minimum Gasteiger partial charge on any atom is -0.456 e. The predicted octanol–water partition coefficient (Wildman–Crippen LogP) is 20.4. The van der Waals surface area contributed by atoms with Crippen LogP contribution in [0, 0.1) is 0 Å². The zero-order valence-electron chi connectivity index (χ0n) is 44.2. The fraction of sp³-hybridized carbons (Fsp3) is 0.0526. The van der Waals surface area contributed by atoms with E-state index in [1.807, 2.05) is 0 Å². The molecule has 0 amide bonds. The second-order valence-electron chi connectivity index (χ2n) is 22.0. The smallest absolute Gasteiger partial charge is 0.135 e. The van der Waals surface area contributed by atoms with E-state index in [4.69, 9.17) is 4.42 Å². The van der Waals surface area contributed by atoms with Crippen molar-refractivity contribution in [2.24, 2.45) is 0 Å². The van der Waals surface area contributed by atoms with E-state index in [0.29, 0.717) is 0 Å². The molecule has 0 bridgehead atoms. The van der Waals surface area contributed by atoms with Crippen molar-refractivity contribution in [2.45, 2.75) is 24.2 Å². The van der Waals surface area contributed by atoms with Gasteiger partial charge in [-0.1, -0.05) is 176 Å². The Bertz CT molecular complexity index is 4520. The SMILES string of the molecule is c1ccc(-c2cc(-c3ccccc3)cc(N3c4ccc(-c5ccc6oc7ccc(-c8ccc9c(c8)C8C(c%10ccccc%10N8c8ccccc8)N9c8ccccc8)cc7c6c5)cc4C4C3c3ccccc3N4c3ccccc3)c2)cc1. The average Bonchev–Trinajstić information content (AvgIpc) is 3.35. The minimum atomic E-state index is 0.00176. The molecule has 0 radical (unpaired) electrons. The largest absolute Gasteiger partial charge is 0.456 e. The number of furan rings is 1. The fourth-order valence-corrected chi connectivity index (χ4v) is 14.1. The molecule has 0 N–H and O–H groups in total. The van der Waals surface area contributed by atoms with E-state index in [2.05, 4.69) is 311 Å². The van der Waals surface area contributed by atoms with Gasteiger partial charge in [0.1, 0.15) is 11.2 Å². The lowest BCUT2D eigenvalue weighted by atomic mass is 9.95. The monoisotopic (exact) mass is 1040 g/mol. The molecule has 5 heteroatoms. The Morgan fingerprint density at radius 3 is 0.951 bits per heavy atom. The summed E-state index contributed by atoms with van der Waals surface area (Å²) in [6.07, 6.45) is 0. The highest BCUT2D eigenvalue weighted by atomic mass is 16.3. The van der Waals surface area contributed by atoms with E-state index in [1.165, 1.54) is 101 Å². The first-order chi connectivity index (χ1) is 40.2. The molecule has 382 valence electrons. The van der Waals surface area contributed by atoms with Gasteiger partial charge in [0.15, 0.2) is 0 Å². The van der Waals surface area contributed by atoms with E-state index in [1.54, 1.807) is 0 Å². The van der Waals surface area contributed by atoms with Gasteiger partial charge in [0, 0.05) is 78.5 Å². The van der Waals surface area contributed by atoms with Gasteiger partial charge >= 0.3 is 0 Å². The number of rotatable bonds is 8. The predicted molar refractivity (Wildman–Crippen MR) is 334 cm³/mol. The quantitative estimate of drug-likeness (QED) is 0.151. The van der Waals surface area contributed by atoms with Crippen LogP contribution >= 0.6 is 0 Å². The maximum absolute atomic E-state index is 6.68. The molecule has 13 aromatic rings. The van der Waals surface area contributed by atoms with Gasteiger partial charge in [-0.2, -0.15) is 0 Å². The van der Waals surface area contributed by atoms with E-state index in [-0.39, 0.29) is 24.2 Å². The van der Waals surface area contributed by atoms with Crippen LogP contribution in [0.25, 0.3) is 66.4 Å². The Morgan fingerprint density at radius 1 is 0.210 bits per heavy atom. The van der Waals surface area contributed by atoms with Gasteiger partial charge in [-0.05, 0) is 160 Å². The maximum Gasteiger partial charge on any atom is 0.135 e. The summed E-state index contributed by atoms with van der Waals surface area (Å²) >= 11 is 0. The molecule has 5 nitrogen and oxygen atoms in total. The third-order valence-corrected chi connectivity index (χ3v) is 17.6. The zero-order chi connectivity index (χ0) is 53.1. The summed E-state index contributed by atoms with van der Waals surface area (Å²) in [5.41, 5.74) is 26.2. The third-order valence-electron chi connectivity index (χ3n) is 17.6. The summed E-state index contributed by atoms with van der Waals surface area (Å²) in [6.45, 7) is 0. The second kappa shape index (κ2) is 18.1. The zero-order valence-corrected chi connectivity index (χ0v) is 44.2. The molecule has 0 saturated heterocycles. The lowest BCUT2D eigenvalue weighted by molar-refractivity contribution is 0.634. The molecule has 4 atom stereocenters. The maximum atomic E-state index is 6.68. The number of anilines is 8. The normalized spacial score (nSPS) is 17.3. The van der Waals surface area contributed by atoms with Crippen molar-refractivity contribution < 1.29 is 4.42 Å². The van der Waals surface area contributed by atoms with E-state index < -0.39 is 0 Å². The molecule has 81 heavy (non-hydrogen) atoms. The lowest BCUT2D eigenvalue weighted by Gasteiger charge is -2.30. The van der Waals surface area contributed by atoms with Crippen LogP contribution < -0.4 is 19.6 Å². The number of para-hydroxylation sites is 5. The molecule has 0 aliphatic carbocycles. The van der Waals surface area contributed by atoms with Crippen molar-refractivity contribution in [3.05, 3.63) is 313 Å². The standard InChI is InChI=1S/C76H52N4O/c1-6-20-49(21-7-1)55-42-56(50-22-8-2-9-23-50)44-60(43-55)80-70-39-35-52(48-66(70)76-74(80)62-31-17-19-33-68(62)78(76)58-26-12-4-13-27-58)54-37-41-72-64(46-54)63-45-53(36-40-71(63)81-72)51-34-38-69-65(47-51)75-73(79(69)59-28-14-5-15-29-59)61-30-16-18-32-67(61)77(75)57-24-10-3-11-25-57/h1-48,73-76H. The summed E-state index contributed by atoms with van der Waals surface area (Å²) in [7, 11) is 0. The van der Waals surface area contributed by atoms with Crippen molar-refractivity contribution in [1.82, 2.24) is 0 Å². The molecule has 17 rings (SSSR count). The average molecular weight is 1040 g/mol. The molecule has 5 heterocycles. The number of fused-ring (bicyclic) bond motifs is 13.